The van der Waals surface area contributed by atoms with Crippen molar-refractivity contribution in [3.05, 3.63) is 0 Å². The molecule has 1 saturated carbocycles. The molecule has 1 rings (SSSR count). The summed E-state index contributed by atoms with van der Waals surface area (Å²) in [7, 11) is 0. The number of nitrogens with one attached hydrogen (secondary N) is 1. The van der Waals surface area contributed by atoms with Crippen molar-refractivity contribution in [3.63, 3.8) is 0 Å². The maximum absolute atomic E-state index is 3.71. The van der Waals surface area contributed by atoms with E-state index in [0.717, 1.165) is 11.4 Å². The summed E-state index contributed by atoms with van der Waals surface area (Å²) in [4.78, 5) is 0. The summed E-state index contributed by atoms with van der Waals surface area (Å²) in [5, 5.41) is 4.87. The molecular formula is C12H24BrN. The van der Waals surface area contributed by atoms with Gasteiger partial charge in [-0.25, -0.2) is 0 Å². The highest BCUT2D eigenvalue weighted by molar-refractivity contribution is 9.09. The fourth-order valence-corrected chi connectivity index (χ4v) is 2.58. The van der Waals surface area contributed by atoms with E-state index in [9.17, 15) is 0 Å². The highest BCUT2D eigenvalue weighted by Gasteiger charge is 2.10. The van der Waals surface area contributed by atoms with Crippen LogP contribution in [0.4, 0.5) is 0 Å². The van der Waals surface area contributed by atoms with Gasteiger partial charge < -0.3 is 5.32 Å². The number of halogens is 1. The highest BCUT2D eigenvalue weighted by atomic mass is 79.9. The largest absolute Gasteiger partial charge is 0.314 e. The van der Waals surface area contributed by atoms with Crippen LogP contribution in [0.25, 0.3) is 0 Å². The Labute approximate surface area is 97.2 Å². The van der Waals surface area contributed by atoms with Crippen molar-refractivity contribution < 1.29 is 0 Å². The van der Waals surface area contributed by atoms with Crippen LogP contribution in [0.15, 0.2) is 0 Å². The summed E-state index contributed by atoms with van der Waals surface area (Å²) in [5.74, 6) is 0. The quantitative estimate of drug-likeness (QED) is 0.435. The average Bonchev–Trinajstić information content (AvgIpc) is 2.46. The lowest BCUT2D eigenvalue weighted by Gasteiger charge is -2.15. The van der Waals surface area contributed by atoms with Gasteiger partial charge in [-0.05, 0) is 32.2 Å². The summed E-state index contributed by atoms with van der Waals surface area (Å²) in [5.41, 5.74) is 0. The monoisotopic (exact) mass is 261 g/mol. The normalized spacial score (nSPS) is 19.5. The molecule has 1 N–H and O–H groups in total. The number of alkyl halides is 1. The molecule has 1 aliphatic rings. The van der Waals surface area contributed by atoms with Gasteiger partial charge in [0.15, 0.2) is 0 Å². The fraction of sp³-hybridized carbons (Fsp3) is 1.00. The van der Waals surface area contributed by atoms with E-state index in [4.69, 9.17) is 0 Å². The summed E-state index contributed by atoms with van der Waals surface area (Å²) in [6.45, 7) is 1.23. The molecule has 0 aliphatic heterocycles. The molecule has 2 heteroatoms. The zero-order valence-electron chi connectivity index (χ0n) is 9.23. The minimum atomic E-state index is 0.835. The zero-order chi connectivity index (χ0) is 10.1. The van der Waals surface area contributed by atoms with Crippen LogP contribution in [0.3, 0.4) is 0 Å². The molecular weight excluding hydrogens is 238 g/mol. The first-order valence-corrected chi connectivity index (χ1v) is 7.35. The van der Waals surface area contributed by atoms with Crippen LogP contribution < -0.4 is 5.32 Å². The summed E-state index contributed by atoms with van der Waals surface area (Å²) < 4.78 is 0. The molecule has 0 aromatic carbocycles. The van der Waals surface area contributed by atoms with E-state index in [1.54, 1.807) is 0 Å². The maximum atomic E-state index is 3.71. The van der Waals surface area contributed by atoms with Crippen molar-refractivity contribution in [2.75, 3.05) is 11.9 Å². The van der Waals surface area contributed by atoms with Gasteiger partial charge >= 0.3 is 0 Å². The van der Waals surface area contributed by atoms with Gasteiger partial charge in [0.1, 0.15) is 0 Å². The van der Waals surface area contributed by atoms with Crippen molar-refractivity contribution in [2.45, 2.75) is 63.8 Å². The third-order valence-corrected chi connectivity index (χ3v) is 3.66. The molecule has 0 atom stereocenters. The molecule has 0 bridgehead atoms. The van der Waals surface area contributed by atoms with E-state index >= 15 is 0 Å². The lowest BCUT2D eigenvalue weighted by atomic mass is 10.1. The number of unbranched alkanes of at least 4 members (excludes halogenated alkanes) is 2. The van der Waals surface area contributed by atoms with Gasteiger partial charge in [-0.3, -0.25) is 0 Å². The van der Waals surface area contributed by atoms with Crippen molar-refractivity contribution in [1.82, 2.24) is 5.32 Å². The Morgan fingerprint density at radius 3 is 2.29 bits per heavy atom. The number of hydrogen-bond donors (Lipinski definition) is 1. The van der Waals surface area contributed by atoms with E-state index in [-0.39, 0.29) is 0 Å². The molecule has 0 heterocycles. The van der Waals surface area contributed by atoms with Crippen molar-refractivity contribution >= 4 is 15.9 Å². The van der Waals surface area contributed by atoms with Crippen LogP contribution in [0.2, 0.25) is 0 Å². The topological polar surface area (TPSA) is 12.0 Å². The van der Waals surface area contributed by atoms with Gasteiger partial charge in [0, 0.05) is 11.4 Å². The molecule has 0 aromatic rings. The molecule has 84 valence electrons. The molecule has 1 fully saturated rings. The number of hydrogen-bond acceptors (Lipinski definition) is 1. The first kappa shape index (κ1) is 12.5. The fourth-order valence-electron chi connectivity index (χ4n) is 2.19. The van der Waals surface area contributed by atoms with Gasteiger partial charge in [-0.2, -0.15) is 0 Å². The summed E-state index contributed by atoms with van der Waals surface area (Å²) in [6, 6.07) is 0.835. The lowest BCUT2D eigenvalue weighted by Crippen LogP contribution is -2.29. The van der Waals surface area contributed by atoms with Crippen LogP contribution in [0.1, 0.15) is 57.8 Å². The predicted molar refractivity (Wildman–Crippen MR) is 67.1 cm³/mol. The summed E-state index contributed by atoms with van der Waals surface area (Å²) in [6.07, 6.45) is 12.7. The first-order chi connectivity index (χ1) is 6.93. The van der Waals surface area contributed by atoms with Gasteiger partial charge in [0.05, 0.1) is 0 Å². The Hall–Kier alpha value is 0.440. The van der Waals surface area contributed by atoms with Gasteiger partial charge in [-0.1, -0.05) is 48.0 Å². The second-order valence-corrected chi connectivity index (χ2v) is 5.19. The minimum Gasteiger partial charge on any atom is -0.314 e. The SMILES string of the molecule is BrCCCCCNC1CCCCCC1. The molecule has 0 spiro atoms. The van der Waals surface area contributed by atoms with Crippen LogP contribution in [0.5, 0.6) is 0 Å². The van der Waals surface area contributed by atoms with E-state index in [2.05, 4.69) is 21.2 Å². The molecule has 0 aromatic heterocycles. The van der Waals surface area contributed by atoms with Crippen LogP contribution in [-0.4, -0.2) is 17.9 Å². The molecule has 1 nitrogen and oxygen atoms in total. The third kappa shape index (κ3) is 6.02. The smallest absolute Gasteiger partial charge is 0.00670 e. The van der Waals surface area contributed by atoms with Crippen LogP contribution in [0, 0.1) is 0 Å². The Morgan fingerprint density at radius 2 is 1.64 bits per heavy atom. The van der Waals surface area contributed by atoms with Crippen molar-refractivity contribution in [2.24, 2.45) is 0 Å². The number of rotatable bonds is 6. The van der Waals surface area contributed by atoms with Crippen molar-refractivity contribution in [1.29, 1.82) is 0 Å². The predicted octanol–water partition coefficient (Wildman–Crippen LogP) is 3.86. The molecule has 0 amide bonds. The molecule has 0 radical (unpaired) electrons. The maximum Gasteiger partial charge on any atom is 0.00670 e. The molecule has 0 unspecified atom stereocenters. The van der Waals surface area contributed by atoms with Crippen LogP contribution >= 0.6 is 15.9 Å². The minimum absolute atomic E-state index is 0.835. The first-order valence-electron chi connectivity index (χ1n) is 6.23. The zero-order valence-corrected chi connectivity index (χ0v) is 10.8. The van der Waals surface area contributed by atoms with Gasteiger partial charge in [-0.15, -0.1) is 0 Å². The van der Waals surface area contributed by atoms with Gasteiger partial charge in [0.2, 0.25) is 0 Å². The Bertz CT molecular complexity index is 119. The molecule has 0 saturated heterocycles. The Morgan fingerprint density at radius 1 is 0.929 bits per heavy atom. The second-order valence-electron chi connectivity index (χ2n) is 4.39. The highest BCUT2D eigenvalue weighted by Crippen LogP contribution is 2.17. The third-order valence-electron chi connectivity index (χ3n) is 3.10. The average molecular weight is 262 g/mol. The summed E-state index contributed by atoms with van der Waals surface area (Å²) >= 11 is 3.47. The van der Waals surface area contributed by atoms with Gasteiger partial charge in [0.25, 0.3) is 0 Å². The van der Waals surface area contributed by atoms with E-state index < -0.39 is 0 Å². The Balaban J connectivity index is 1.93. The second kappa shape index (κ2) is 8.72. The Kier molecular flexibility index (Phi) is 7.80. The van der Waals surface area contributed by atoms with E-state index in [1.807, 2.05) is 0 Å². The van der Waals surface area contributed by atoms with E-state index in [1.165, 1.54) is 64.3 Å². The van der Waals surface area contributed by atoms with Crippen LogP contribution in [-0.2, 0) is 0 Å². The molecule has 1 aliphatic carbocycles. The lowest BCUT2D eigenvalue weighted by molar-refractivity contribution is 0.451. The van der Waals surface area contributed by atoms with E-state index in [0.29, 0.717) is 0 Å². The molecule has 14 heavy (non-hydrogen) atoms. The standard InChI is InChI=1S/C12H24BrN/c13-10-6-3-7-11-14-12-8-4-1-2-5-9-12/h12,14H,1-11H2. The van der Waals surface area contributed by atoms with Crippen molar-refractivity contribution in [3.8, 4) is 0 Å².